The molecule has 2 aromatic rings. The number of hydrogen-bond donors (Lipinski definition) is 1. The molecule has 1 N–H and O–H groups in total. The largest absolute Gasteiger partial charge is 0.370 e. The minimum atomic E-state index is -0.0219. The van der Waals surface area contributed by atoms with Crippen molar-refractivity contribution in [1.82, 2.24) is 9.80 Å². The number of benzene rings is 2. The van der Waals surface area contributed by atoms with E-state index in [1.54, 1.807) is 0 Å². The number of amides is 2. The van der Waals surface area contributed by atoms with Crippen molar-refractivity contribution in [3.63, 3.8) is 0 Å². The number of rotatable bonds is 3. The number of urea groups is 1. The summed E-state index contributed by atoms with van der Waals surface area (Å²) in [5.41, 5.74) is 5.79. The molecule has 2 amide bonds. The number of aryl methyl sites for hydroxylation is 1. The van der Waals surface area contributed by atoms with E-state index in [0.29, 0.717) is 19.1 Å². The molecular formula is C25H32N4O. The van der Waals surface area contributed by atoms with Crippen LogP contribution in [0.3, 0.4) is 0 Å². The molecular weight excluding hydrogens is 372 g/mol. The lowest BCUT2D eigenvalue weighted by atomic mass is 10.1. The van der Waals surface area contributed by atoms with Crippen LogP contribution in [-0.2, 0) is 13.1 Å². The van der Waals surface area contributed by atoms with Gasteiger partial charge in [-0.1, -0.05) is 24.3 Å². The number of nitrogens with zero attached hydrogens (tertiary/aromatic N) is 3. The van der Waals surface area contributed by atoms with Crippen LogP contribution < -0.4 is 10.2 Å². The molecule has 0 saturated carbocycles. The van der Waals surface area contributed by atoms with Gasteiger partial charge in [0.25, 0.3) is 0 Å². The summed E-state index contributed by atoms with van der Waals surface area (Å²) >= 11 is 0. The predicted octanol–water partition coefficient (Wildman–Crippen LogP) is 4.61. The van der Waals surface area contributed by atoms with Crippen molar-refractivity contribution >= 4 is 17.4 Å². The van der Waals surface area contributed by atoms with E-state index in [1.807, 2.05) is 17.0 Å². The Morgan fingerprint density at radius 3 is 2.47 bits per heavy atom. The second-order valence-corrected chi connectivity index (χ2v) is 9.17. The van der Waals surface area contributed by atoms with E-state index in [-0.39, 0.29) is 6.03 Å². The van der Waals surface area contributed by atoms with Crippen molar-refractivity contribution in [1.29, 1.82) is 0 Å². The Morgan fingerprint density at radius 2 is 1.80 bits per heavy atom. The molecule has 0 aliphatic carbocycles. The molecule has 2 unspecified atom stereocenters. The average molecular weight is 405 g/mol. The van der Waals surface area contributed by atoms with Crippen molar-refractivity contribution in [2.24, 2.45) is 0 Å². The molecule has 2 saturated heterocycles. The molecule has 2 aromatic carbocycles. The molecule has 30 heavy (non-hydrogen) atoms. The summed E-state index contributed by atoms with van der Waals surface area (Å²) in [6.07, 6.45) is 3.93. The van der Waals surface area contributed by atoms with E-state index in [1.165, 1.54) is 42.6 Å². The number of carbonyl (C=O) groups excluding carboxylic acids is 1. The Bertz CT molecular complexity index is 917. The van der Waals surface area contributed by atoms with Gasteiger partial charge < -0.3 is 15.1 Å². The van der Waals surface area contributed by atoms with Gasteiger partial charge in [-0.15, -0.1) is 0 Å². The van der Waals surface area contributed by atoms with Crippen LogP contribution in [0.1, 0.15) is 42.9 Å². The fourth-order valence-electron chi connectivity index (χ4n) is 5.40. The first-order valence-electron chi connectivity index (χ1n) is 11.3. The molecule has 0 radical (unpaired) electrons. The molecule has 2 atom stereocenters. The molecule has 0 bridgehead atoms. The van der Waals surface area contributed by atoms with Crippen molar-refractivity contribution in [3.8, 4) is 0 Å². The Labute approximate surface area is 179 Å². The summed E-state index contributed by atoms with van der Waals surface area (Å²) in [4.78, 5) is 19.9. The quantitative estimate of drug-likeness (QED) is 0.812. The van der Waals surface area contributed by atoms with E-state index in [0.717, 1.165) is 30.4 Å². The summed E-state index contributed by atoms with van der Waals surface area (Å²) in [5.74, 6) is 0. The maximum absolute atomic E-state index is 12.8. The highest BCUT2D eigenvalue weighted by Crippen LogP contribution is 2.30. The van der Waals surface area contributed by atoms with Gasteiger partial charge in [-0.3, -0.25) is 4.90 Å². The molecule has 2 fully saturated rings. The normalized spacial score (nSPS) is 23.8. The molecule has 0 aromatic heterocycles. The highest BCUT2D eigenvalue weighted by molar-refractivity contribution is 5.90. The molecule has 3 aliphatic rings. The van der Waals surface area contributed by atoms with Crippen LogP contribution in [0, 0.1) is 6.92 Å². The standard InChI is InChI=1S/C25H32N4O/c1-18-14-22(27-13-11-23(17-27)29-12-5-6-19(29)2)9-10-24(18)26-25(30)28-15-20-7-3-4-8-21(20)16-28/h3-4,7-10,14,19,23H,5-6,11-13,15-17H2,1-2H3,(H,26,30). The zero-order valence-electron chi connectivity index (χ0n) is 18.1. The summed E-state index contributed by atoms with van der Waals surface area (Å²) in [6.45, 7) is 9.31. The predicted molar refractivity (Wildman–Crippen MR) is 122 cm³/mol. The zero-order chi connectivity index (χ0) is 20.7. The van der Waals surface area contributed by atoms with Gasteiger partial charge in [-0.05, 0) is 74.5 Å². The number of likely N-dealkylation sites (tertiary alicyclic amines) is 1. The highest BCUT2D eigenvalue weighted by atomic mass is 16.2. The summed E-state index contributed by atoms with van der Waals surface area (Å²) in [5, 5.41) is 3.12. The zero-order valence-corrected chi connectivity index (χ0v) is 18.1. The SMILES string of the molecule is Cc1cc(N2CCC(N3CCCC3C)C2)ccc1NC(=O)N1Cc2ccccc2C1. The lowest BCUT2D eigenvalue weighted by molar-refractivity contribution is 0.204. The Balaban J connectivity index is 1.22. The maximum Gasteiger partial charge on any atom is 0.322 e. The van der Waals surface area contributed by atoms with Crippen LogP contribution in [-0.4, -0.2) is 47.5 Å². The summed E-state index contributed by atoms with van der Waals surface area (Å²) in [7, 11) is 0. The second kappa shape index (κ2) is 7.95. The smallest absolute Gasteiger partial charge is 0.322 e. The van der Waals surface area contributed by atoms with Gasteiger partial charge in [0.05, 0.1) is 0 Å². The first-order chi connectivity index (χ1) is 14.6. The van der Waals surface area contributed by atoms with Gasteiger partial charge in [0.1, 0.15) is 0 Å². The lowest BCUT2D eigenvalue weighted by Crippen LogP contribution is -2.39. The molecule has 5 rings (SSSR count). The Morgan fingerprint density at radius 1 is 1.03 bits per heavy atom. The van der Waals surface area contributed by atoms with Crippen LogP contribution in [0.4, 0.5) is 16.2 Å². The number of nitrogens with one attached hydrogen (secondary N) is 1. The van der Waals surface area contributed by atoms with Gasteiger partial charge in [0.2, 0.25) is 0 Å². The van der Waals surface area contributed by atoms with E-state index >= 15 is 0 Å². The second-order valence-electron chi connectivity index (χ2n) is 9.17. The third-order valence-corrected chi connectivity index (χ3v) is 7.18. The average Bonchev–Trinajstić information content (AvgIpc) is 3.47. The lowest BCUT2D eigenvalue weighted by Gasteiger charge is -2.28. The van der Waals surface area contributed by atoms with E-state index in [9.17, 15) is 4.79 Å². The van der Waals surface area contributed by atoms with Gasteiger partial charge >= 0.3 is 6.03 Å². The fraction of sp³-hybridized carbons (Fsp3) is 0.480. The number of hydrogen-bond acceptors (Lipinski definition) is 3. The molecule has 3 heterocycles. The molecule has 3 aliphatic heterocycles. The van der Waals surface area contributed by atoms with Gasteiger partial charge in [-0.25, -0.2) is 4.79 Å². The summed E-state index contributed by atoms with van der Waals surface area (Å²) < 4.78 is 0. The Kier molecular flexibility index (Phi) is 5.15. The highest BCUT2D eigenvalue weighted by Gasteiger charge is 2.33. The molecule has 5 heteroatoms. The van der Waals surface area contributed by atoms with Gasteiger partial charge in [0.15, 0.2) is 0 Å². The van der Waals surface area contributed by atoms with E-state index in [2.05, 4.69) is 59.3 Å². The minimum Gasteiger partial charge on any atom is -0.370 e. The van der Waals surface area contributed by atoms with Crippen molar-refractivity contribution in [2.45, 2.75) is 58.3 Å². The van der Waals surface area contributed by atoms with Crippen LogP contribution in [0.25, 0.3) is 0 Å². The van der Waals surface area contributed by atoms with Crippen molar-refractivity contribution in [3.05, 3.63) is 59.2 Å². The first-order valence-corrected chi connectivity index (χ1v) is 11.3. The summed E-state index contributed by atoms with van der Waals surface area (Å²) in [6, 6.07) is 16.1. The third kappa shape index (κ3) is 3.67. The molecule has 5 nitrogen and oxygen atoms in total. The first kappa shape index (κ1) is 19.4. The van der Waals surface area contributed by atoms with Crippen LogP contribution >= 0.6 is 0 Å². The van der Waals surface area contributed by atoms with Gasteiger partial charge in [-0.2, -0.15) is 0 Å². The minimum absolute atomic E-state index is 0.0219. The monoisotopic (exact) mass is 404 g/mol. The molecule has 0 spiro atoms. The number of fused-ring (bicyclic) bond motifs is 1. The van der Waals surface area contributed by atoms with E-state index < -0.39 is 0 Å². The topological polar surface area (TPSA) is 38.8 Å². The van der Waals surface area contributed by atoms with Crippen LogP contribution in [0.2, 0.25) is 0 Å². The molecule has 158 valence electrons. The number of carbonyl (C=O) groups is 1. The van der Waals surface area contributed by atoms with Crippen molar-refractivity contribution in [2.75, 3.05) is 29.9 Å². The van der Waals surface area contributed by atoms with Gasteiger partial charge in [0, 0.05) is 49.6 Å². The fourth-order valence-corrected chi connectivity index (χ4v) is 5.40. The van der Waals surface area contributed by atoms with E-state index in [4.69, 9.17) is 0 Å². The van der Waals surface area contributed by atoms with Crippen LogP contribution in [0.15, 0.2) is 42.5 Å². The van der Waals surface area contributed by atoms with Crippen molar-refractivity contribution < 1.29 is 4.79 Å². The Hall–Kier alpha value is -2.53. The maximum atomic E-state index is 12.8. The van der Waals surface area contributed by atoms with Crippen LogP contribution in [0.5, 0.6) is 0 Å². The number of anilines is 2. The third-order valence-electron chi connectivity index (χ3n) is 7.18.